The maximum atomic E-state index is 11.1. The predicted octanol–water partition coefficient (Wildman–Crippen LogP) is -0.350. The monoisotopic (exact) mass is 231 g/mol. The third-order valence-electron chi connectivity index (χ3n) is 2.28. The van der Waals surface area contributed by atoms with Crippen LogP contribution in [0.5, 0.6) is 0 Å². The third kappa shape index (κ3) is 2.35. The molecule has 0 atom stereocenters. The highest BCUT2D eigenvalue weighted by molar-refractivity contribution is 7.89. The lowest BCUT2D eigenvalue weighted by Gasteiger charge is -2.06. The fraction of sp³-hybridized carbons (Fsp3) is 0.750. The summed E-state index contributed by atoms with van der Waals surface area (Å²) >= 11 is 0. The van der Waals surface area contributed by atoms with Crippen molar-refractivity contribution in [2.24, 2.45) is 0 Å². The molecule has 0 aromatic carbocycles. The highest BCUT2D eigenvalue weighted by Gasteiger charge is 2.29. The molecule has 1 saturated carbocycles. The van der Waals surface area contributed by atoms with Crippen molar-refractivity contribution in [3.05, 3.63) is 11.6 Å². The van der Waals surface area contributed by atoms with Crippen molar-refractivity contribution in [1.82, 2.24) is 14.8 Å². The lowest BCUT2D eigenvalue weighted by molar-refractivity contribution is 0.264. The van der Waals surface area contributed by atoms with E-state index >= 15 is 0 Å². The van der Waals surface area contributed by atoms with Gasteiger partial charge in [0.1, 0.15) is 18.2 Å². The van der Waals surface area contributed by atoms with Gasteiger partial charge in [0.05, 0.1) is 0 Å². The first kappa shape index (κ1) is 10.6. The Morgan fingerprint density at radius 1 is 1.40 bits per heavy atom. The molecule has 0 radical (unpaired) electrons. The van der Waals surface area contributed by atoms with E-state index in [0.29, 0.717) is 11.6 Å². The smallest absolute Gasteiger partial charge is 0.159 e. The van der Waals surface area contributed by atoms with E-state index in [1.807, 2.05) is 0 Å². The molecule has 1 heterocycles. The third-order valence-corrected chi connectivity index (χ3v) is 3.06. The molecule has 1 N–H and O–H groups in total. The first-order valence-electron chi connectivity index (χ1n) is 4.72. The highest BCUT2D eigenvalue weighted by atomic mass is 32.2. The molecule has 0 bridgehead atoms. The van der Waals surface area contributed by atoms with Gasteiger partial charge in [0, 0.05) is 12.3 Å². The van der Waals surface area contributed by atoms with Crippen molar-refractivity contribution in [2.75, 3.05) is 6.26 Å². The van der Waals surface area contributed by atoms with Crippen molar-refractivity contribution >= 4 is 9.84 Å². The van der Waals surface area contributed by atoms with Gasteiger partial charge in [-0.05, 0) is 12.8 Å². The van der Waals surface area contributed by atoms with Crippen molar-refractivity contribution in [3.63, 3.8) is 0 Å². The maximum Gasteiger partial charge on any atom is 0.159 e. The topological polar surface area (TPSA) is 85.1 Å². The van der Waals surface area contributed by atoms with Gasteiger partial charge in [-0.2, -0.15) is 0 Å². The maximum absolute atomic E-state index is 11.1. The quantitative estimate of drug-likeness (QED) is 0.765. The minimum Gasteiger partial charge on any atom is -0.388 e. The van der Waals surface area contributed by atoms with Crippen LogP contribution in [0.3, 0.4) is 0 Å². The molecule has 2 rings (SSSR count). The average Bonchev–Trinajstić information content (AvgIpc) is 2.87. The summed E-state index contributed by atoms with van der Waals surface area (Å²) in [4.78, 5) is 0. The minimum absolute atomic E-state index is 0.115. The Hall–Kier alpha value is -0.950. The Kier molecular flexibility index (Phi) is 2.51. The summed E-state index contributed by atoms with van der Waals surface area (Å²) in [7, 11) is -3.11. The van der Waals surface area contributed by atoms with Crippen LogP contribution in [-0.2, 0) is 22.2 Å². The van der Waals surface area contributed by atoms with Gasteiger partial charge in [-0.1, -0.05) is 0 Å². The number of aromatic nitrogens is 3. The average molecular weight is 231 g/mol. The summed E-state index contributed by atoms with van der Waals surface area (Å²) in [5.74, 6) is 0.774. The van der Waals surface area contributed by atoms with Gasteiger partial charge in [-0.15, -0.1) is 10.2 Å². The first-order chi connectivity index (χ1) is 7.01. The Morgan fingerprint density at radius 3 is 2.47 bits per heavy atom. The molecule has 84 valence electrons. The van der Waals surface area contributed by atoms with Gasteiger partial charge in [-0.25, -0.2) is 8.42 Å². The number of nitrogens with zero attached hydrogens (tertiary/aromatic N) is 3. The van der Waals surface area contributed by atoms with E-state index in [4.69, 9.17) is 5.11 Å². The Labute approximate surface area is 87.9 Å². The lowest BCUT2D eigenvalue weighted by atomic mass is 10.5. The van der Waals surface area contributed by atoms with Gasteiger partial charge in [0.2, 0.25) is 0 Å². The Morgan fingerprint density at radius 2 is 2.00 bits per heavy atom. The second kappa shape index (κ2) is 3.57. The van der Waals surface area contributed by atoms with Crippen LogP contribution in [0, 0.1) is 0 Å². The molecule has 6 nitrogen and oxygen atoms in total. The number of hydrogen-bond donors (Lipinski definition) is 1. The van der Waals surface area contributed by atoms with Crippen LogP contribution in [0.4, 0.5) is 0 Å². The van der Waals surface area contributed by atoms with Crippen LogP contribution < -0.4 is 0 Å². The van der Waals surface area contributed by atoms with E-state index in [-0.39, 0.29) is 18.4 Å². The molecule has 1 aromatic heterocycles. The van der Waals surface area contributed by atoms with Crippen LogP contribution in [0.2, 0.25) is 0 Å². The summed E-state index contributed by atoms with van der Waals surface area (Å²) in [6.45, 7) is -0.201. The van der Waals surface area contributed by atoms with Crippen LogP contribution in [-0.4, -0.2) is 34.5 Å². The normalized spacial score (nSPS) is 16.9. The van der Waals surface area contributed by atoms with Crippen molar-refractivity contribution in [3.8, 4) is 0 Å². The van der Waals surface area contributed by atoms with Crippen molar-refractivity contribution in [1.29, 1.82) is 0 Å². The zero-order chi connectivity index (χ0) is 11.1. The van der Waals surface area contributed by atoms with Crippen molar-refractivity contribution in [2.45, 2.75) is 31.2 Å². The molecule has 1 fully saturated rings. The summed E-state index contributed by atoms with van der Waals surface area (Å²) in [6, 6.07) is 0.277. The number of sulfone groups is 1. The lowest BCUT2D eigenvalue weighted by Crippen LogP contribution is -2.10. The van der Waals surface area contributed by atoms with Gasteiger partial charge >= 0.3 is 0 Å². The summed E-state index contributed by atoms with van der Waals surface area (Å²) in [6.07, 6.45) is 3.17. The summed E-state index contributed by atoms with van der Waals surface area (Å²) in [5.41, 5.74) is 0. The highest BCUT2D eigenvalue weighted by Crippen LogP contribution is 2.36. The van der Waals surface area contributed by atoms with E-state index < -0.39 is 9.84 Å². The molecule has 7 heteroatoms. The van der Waals surface area contributed by atoms with Gasteiger partial charge < -0.3 is 9.67 Å². The number of aliphatic hydroxyl groups is 1. The molecule has 0 aliphatic heterocycles. The number of hydrogen-bond acceptors (Lipinski definition) is 5. The molecule has 1 aliphatic carbocycles. The molecule has 0 saturated heterocycles. The van der Waals surface area contributed by atoms with E-state index in [1.165, 1.54) is 0 Å². The van der Waals surface area contributed by atoms with E-state index in [0.717, 1.165) is 19.1 Å². The molecule has 1 aliphatic rings. The second-order valence-corrected chi connectivity index (χ2v) is 6.00. The number of rotatable bonds is 4. The van der Waals surface area contributed by atoms with Crippen LogP contribution >= 0.6 is 0 Å². The molecule has 0 unspecified atom stereocenters. The van der Waals surface area contributed by atoms with Crippen LogP contribution in [0.25, 0.3) is 0 Å². The van der Waals surface area contributed by atoms with Gasteiger partial charge in [0.25, 0.3) is 0 Å². The second-order valence-electron chi connectivity index (χ2n) is 3.86. The molecule has 15 heavy (non-hydrogen) atoms. The van der Waals surface area contributed by atoms with E-state index in [9.17, 15) is 8.42 Å². The molecule has 0 spiro atoms. The fourth-order valence-corrected chi connectivity index (χ4v) is 2.22. The standard InChI is InChI=1S/C8H13N3O3S/c1-15(13,14)5-8-10-9-7(4-12)11(8)6-2-3-6/h6,12H,2-5H2,1H3. The van der Waals surface area contributed by atoms with Crippen LogP contribution in [0.15, 0.2) is 0 Å². The molecule has 1 aromatic rings. The van der Waals surface area contributed by atoms with Gasteiger partial charge in [-0.3, -0.25) is 0 Å². The summed E-state index contributed by atoms with van der Waals surface area (Å²) < 4.78 is 24.1. The first-order valence-corrected chi connectivity index (χ1v) is 6.78. The van der Waals surface area contributed by atoms with E-state index in [2.05, 4.69) is 10.2 Å². The largest absolute Gasteiger partial charge is 0.388 e. The minimum atomic E-state index is -3.11. The molecular formula is C8H13N3O3S. The van der Waals surface area contributed by atoms with Gasteiger partial charge in [0.15, 0.2) is 15.7 Å². The fourth-order valence-electron chi connectivity index (χ4n) is 1.56. The Bertz CT molecular complexity index is 461. The molecule has 0 amide bonds. The SMILES string of the molecule is CS(=O)(=O)Cc1nnc(CO)n1C1CC1. The van der Waals surface area contributed by atoms with Crippen molar-refractivity contribution < 1.29 is 13.5 Å². The molecular weight excluding hydrogens is 218 g/mol. The van der Waals surface area contributed by atoms with Crippen LogP contribution in [0.1, 0.15) is 30.5 Å². The predicted molar refractivity (Wildman–Crippen MR) is 52.8 cm³/mol. The zero-order valence-electron chi connectivity index (χ0n) is 8.42. The number of aliphatic hydroxyl groups excluding tert-OH is 1. The summed E-state index contributed by atoms with van der Waals surface area (Å²) in [5, 5.41) is 16.6. The van der Waals surface area contributed by atoms with E-state index in [1.54, 1.807) is 4.57 Å². The Balaban J connectivity index is 2.34. The zero-order valence-corrected chi connectivity index (χ0v) is 9.24.